The number of aromatic nitrogens is 3. The molecule has 122 valence electrons. The molecular formula is C16H18BrClN4O. The topological polar surface area (TPSA) is 51.0 Å². The van der Waals surface area contributed by atoms with E-state index in [1.54, 1.807) is 23.1 Å². The van der Waals surface area contributed by atoms with Crippen LogP contribution in [-0.4, -0.2) is 32.1 Å². The number of hydrogen-bond acceptors (Lipinski definition) is 3. The lowest BCUT2D eigenvalue weighted by Gasteiger charge is -2.28. The van der Waals surface area contributed by atoms with E-state index in [1.165, 1.54) is 0 Å². The van der Waals surface area contributed by atoms with Gasteiger partial charge in [0.2, 0.25) is 0 Å². The molecule has 1 aliphatic rings. The fourth-order valence-electron chi connectivity index (χ4n) is 2.74. The number of fused-ring (bicyclic) bond motifs is 1. The van der Waals surface area contributed by atoms with Crippen molar-refractivity contribution in [3.05, 3.63) is 44.9 Å². The maximum Gasteiger partial charge on any atom is 0.255 e. The summed E-state index contributed by atoms with van der Waals surface area (Å²) >= 11 is 9.35. The Bertz CT molecular complexity index is 744. The van der Waals surface area contributed by atoms with E-state index in [1.807, 2.05) is 0 Å². The highest BCUT2D eigenvalue weighted by Gasteiger charge is 2.26. The molecule has 0 fully saturated rings. The van der Waals surface area contributed by atoms with Gasteiger partial charge in [0, 0.05) is 29.0 Å². The van der Waals surface area contributed by atoms with Crippen LogP contribution >= 0.6 is 27.5 Å². The third kappa shape index (κ3) is 3.43. The second-order valence-electron chi connectivity index (χ2n) is 6.13. The van der Waals surface area contributed by atoms with Crippen LogP contribution in [-0.2, 0) is 19.5 Å². The van der Waals surface area contributed by atoms with Crippen molar-refractivity contribution in [1.82, 2.24) is 19.7 Å². The average molecular weight is 398 g/mol. The van der Waals surface area contributed by atoms with Gasteiger partial charge in [0.15, 0.2) is 5.82 Å². The van der Waals surface area contributed by atoms with Crippen molar-refractivity contribution in [1.29, 1.82) is 0 Å². The maximum atomic E-state index is 12.7. The number of amides is 1. The Hall–Kier alpha value is -1.40. The Kier molecular flexibility index (Phi) is 4.73. The van der Waals surface area contributed by atoms with Crippen molar-refractivity contribution in [2.45, 2.75) is 33.4 Å². The number of carbonyl (C=O) groups is 1. The van der Waals surface area contributed by atoms with Gasteiger partial charge < -0.3 is 9.47 Å². The summed E-state index contributed by atoms with van der Waals surface area (Å²) in [5.74, 6) is 2.38. The highest BCUT2D eigenvalue weighted by Crippen LogP contribution is 2.24. The normalized spacial score (nSPS) is 14.2. The summed E-state index contributed by atoms with van der Waals surface area (Å²) in [6.45, 7) is 6.21. The molecule has 0 atom stereocenters. The van der Waals surface area contributed by atoms with Crippen molar-refractivity contribution in [3.8, 4) is 0 Å². The largest absolute Gasteiger partial charge is 0.329 e. The highest BCUT2D eigenvalue weighted by atomic mass is 79.9. The Labute approximate surface area is 148 Å². The molecule has 7 heteroatoms. The molecule has 1 aromatic heterocycles. The summed E-state index contributed by atoms with van der Waals surface area (Å²) < 4.78 is 2.85. The molecule has 0 radical (unpaired) electrons. The van der Waals surface area contributed by atoms with Crippen LogP contribution in [0.25, 0.3) is 0 Å². The zero-order valence-corrected chi connectivity index (χ0v) is 15.4. The summed E-state index contributed by atoms with van der Waals surface area (Å²) in [5, 5.41) is 9.14. The SMILES string of the molecule is CC(C)Cc1nnc2n1CCN(C(=O)c1ccc(Cl)cc1Br)C2. The molecule has 0 spiro atoms. The van der Waals surface area contributed by atoms with Crippen molar-refractivity contribution < 1.29 is 4.79 Å². The van der Waals surface area contributed by atoms with E-state index in [0.29, 0.717) is 34.1 Å². The number of hydrogen-bond donors (Lipinski definition) is 0. The van der Waals surface area contributed by atoms with Crippen molar-refractivity contribution in [3.63, 3.8) is 0 Å². The summed E-state index contributed by atoms with van der Waals surface area (Å²) in [6.07, 6.45) is 0.906. The van der Waals surface area contributed by atoms with Crippen LogP contribution in [0.2, 0.25) is 5.02 Å². The lowest BCUT2D eigenvalue weighted by Crippen LogP contribution is -2.39. The standard InChI is InChI=1S/C16H18BrClN4O/c1-10(2)7-14-19-20-15-9-21(5-6-22(14)15)16(23)12-4-3-11(18)8-13(12)17/h3-4,8,10H,5-7,9H2,1-2H3. The van der Waals surface area contributed by atoms with Crippen LogP contribution in [0.5, 0.6) is 0 Å². The summed E-state index contributed by atoms with van der Waals surface area (Å²) in [7, 11) is 0. The summed E-state index contributed by atoms with van der Waals surface area (Å²) in [4.78, 5) is 14.5. The first-order chi connectivity index (χ1) is 11.0. The Balaban J connectivity index is 1.79. The van der Waals surface area contributed by atoms with Crippen molar-refractivity contribution in [2.24, 2.45) is 5.92 Å². The molecule has 1 amide bonds. The van der Waals surface area contributed by atoms with E-state index in [0.717, 1.165) is 24.6 Å². The lowest BCUT2D eigenvalue weighted by atomic mass is 10.1. The van der Waals surface area contributed by atoms with Gasteiger partial charge >= 0.3 is 0 Å². The van der Waals surface area contributed by atoms with Gasteiger partial charge in [-0.25, -0.2) is 0 Å². The molecule has 0 unspecified atom stereocenters. The molecule has 0 saturated carbocycles. The fourth-order valence-corrected chi connectivity index (χ4v) is 3.59. The van der Waals surface area contributed by atoms with E-state index in [4.69, 9.17) is 11.6 Å². The minimum Gasteiger partial charge on any atom is -0.329 e. The Morgan fingerprint density at radius 2 is 2.13 bits per heavy atom. The lowest BCUT2D eigenvalue weighted by molar-refractivity contribution is 0.0705. The molecule has 23 heavy (non-hydrogen) atoms. The van der Waals surface area contributed by atoms with Gasteiger partial charge in [-0.3, -0.25) is 4.79 Å². The van der Waals surface area contributed by atoms with E-state index >= 15 is 0 Å². The summed E-state index contributed by atoms with van der Waals surface area (Å²) in [5.41, 5.74) is 0.616. The van der Waals surface area contributed by atoms with Crippen molar-refractivity contribution >= 4 is 33.4 Å². The van der Waals surface area contributed by atoms with E-state index < -0.39 is 0 Å². The second-order valence-corrected chi connectivity index (χ2v) is 7.42. The highest BCUT2D eigenvalue weighted by molar-refractivity contribution is 9.10. The average Bonchev–Trinajstić information content (AvgIpc) is 2.88. The molecule has 1 aliphatic heterocycles. The number of halogens is 2. The van der Waals surface area contributed by atoms with Gasteiger partial charge in [-0.15, -0.1) is 10.2 Å². The quantitative estimate of drug-likeness (QED) is 0.796. The van der Waals surface area contributed by atoms with Gasteiger partial charge in [0.05, 0.1) is 12.1 Å². The Morgan fingerprint density at radius 3 is 2.83 bits per heavy atom. The smallest absolute Gasteiger partial charge is 0.255 e. The molecule has 3 rings (SSSR count). The number of benzene rings is 1. The van der Waals surface area contributed by atoms with Crippen LogP contribution in [0.4, 0.5) is 0 Å². The first-order valence-electron chi connectivity index (χ1n) is 7.61. The third-order valence-electron chi connectivity index (χ3n) is 3.87. The number of rotatable bonds is 3. The molecule has 0 aliphatic carbocycles. The van der Waals surface area contributed by atoms with E-state index in [9.17, 15) is 4.79 Å². The maximum absolute atomic E-state index is 12.7. The van der Waals surface area contributed by atoms with E-state index in [2.05, 4.69) is 44.5 Å². The molecule has 2 heterocycles. The number of nitrogens with zero attached hydrogens (tertiary/aromatic N) is 4. The molecule has 0 saturated heterocycles. The molecule has 0 N–H and O–H groups in total. The molecule has 0 bridgehead atoms. The van der Waals surface area contributed by atoms with Gasteiger partial charge in [-0.05, 0) is 40.0 Å². The van der Waals surface area contributed by atoms with Gasteiger partial charge in [-0.1, -0.05) is 25.4 Å². The first kappa shape index (κ1) is 16.5. The zero-order chi connectivity index (χ0) is 16.6. The fraction of sp³-hybridized carbons (Fsp3) is 0.438. The van der Waals surface area contributed by atoms with E-state index in [-0.39, 0.29) is 5.91 Å². The van der Waals surface area contributed by atoms with Crippen LogP contribution in [0, 0.1) is 5.92 Å². The first-order valence-corrected chi connectivity index (χ1v) is 8.78. The molecule has 2 aromatic rings. The van der Waals surface area contributed by atoms with Crippen LogP contribution in [0.3, 0.4) is 0 Å². The number of carbonyl (C=O) groups excluding carboxylic acids is 1. The monoisotopic (exact) mass is 396 g/mol. The predicted octanol–water partition coefficient (Wildman–Crippen LogP) is 3.55. The molecule has 1 aromatic carbocycles. The van der Waals surface area contributed by atoms with Gasteiger partial charge in [0.1, 0.15) is 5.82 Å². The van der Waals surface area contributed by atoms with Crippen LogP contribution < -0.4 is 0 Å². The molecular weight excluding hydrogens is 380 g/mol. The predicted molar refractivity (Wildman–Crippen MR) is 92.5 cm³/mol. The summed E-state index contributed by atoms with van der Waals surface area (Å²) in [6, 6.07) is 5.22. The van der Waals surface area contributed by atoms with Crippen LogP contribution in [0.1, 0.15) is 35.9 Å². The van der Waals surface area contributed by atoms with Gasteiger partial charge in [0.25, 0.3) is 5.91 Å². The minimum atomic E-state index is -0.0202. The minimum absolute atomic E-state index is 0.0202. The third-order valence-corrected chi connectivity index (χ3v) is 4.76. The Morgan fingerprint density at radius 1 is 1.35 bits per heavy atom. The van der Waals surface area contributed by atoms with Crippen molar-refractivity contribution in [2.75, 3.05) is 6.54 Å². The van der Waals surface area contributed by atoms with Gasteiger partial charge in [-0.2, -0.15) is 0 Å². The second kappa shape index (κ2) is 6.61. The molecule has 5 nitrogen and oxygen atoms in total. The van der Waals surface area contributed by atoms with Crippen LogP contribution in [0.15, 0.2) is 22.7 Å². The zero-order valence-electron chi connectivity index (χ0n) is 13.1.